The van der Waals surface area contributed by atoms with E-state index >= 15 is 0 Å². The topological polar surface area (TPSA) is 42.0 Å². The first-order valence-corrected chi connectivity index (χ1v) is 10.7. The maximum Gasteiger partial charge on any atom is 0.416 e. The van der Waals surface area contributed by atoms with E-state index in [0.717, 1.165) is 38.2 Å². The maximum atomic E-state index is 12.9. The van der Waals surface area contributed by atoms with E-state index in [4.69, 9.17) is 0 Å². The summed E-state index contributed by atoms with van der Waals surface area (Å²) in [7, 11) is 0. The molecule has 1 atom stereocenters. The summed E-state index contributed by atoms with van der Waals surface area (Å²) in [6.07, 6.45) is -4.27. The molecule has 0 bridgehead atoms. The van der Waals surface area contributed by atoms with Gasteiger partial charge in [-0.2, -0.15) is 13.2 Å². The van der Waals surface area contributed by atoms with Crippen LogP contribution >= 0.6 is 22.7 Å². The van der Waals surface area contributed by atoms with E-state index in [1.807, 2.05) is 20.8 Å². The second kappa shape index (κ2) is 8.28. The Balaban J connectivity index is 1.76. The van der Waals surface area contributed by atoms with Gasteiger partial charge in [-0.3, -0.25) is 4.79 Å². The molecule has 3 nitrogen and oxygen atoms in total. The van der Waals surface area contributed by atoms with Crippen LogP contribution in [-0.2, 0) is 17.4 Å². The van der Waals surface area contributed by atoms with Gasteiger partial charge >= 0.3 is 6.18 Å². The molecular formula is C21H21F3N2OS2. The predicted molar refractivity (Wildman–Crippen MR) is 111 cm³/mol. The number of carbonyl (C=O) groups excluding carboxylic acids is 1. The van der Waals surface area contributed by atoms with Crippen molar-refractivity contribution in [3.05, 3.63) is 61.1 Å². The number of aryl methyl sites for hydroxylation is 3. The SMILES string of the molecule is Cc1cc(-c2nc(C)sc2CC(=O)N[C@H](C)c2cccc(C(F)(F)F)c2)c(C)s1. The Bertz CT molecular complexity index is 1040. The summed E-state index contributed by atoms with van der Waals surface area (Å²) < 4.78 is 38.8. The number of amides is 1. The van der Waals surface area contributed by atoms with Gasteiger partial charge < -0.3 is 5.32 Å². The normalized spacial score (nSPS) is 12.8. The largest absolute Gasteiger partial charge is 0.416 e. The Morgan fingerprint density at radius 3 is 2.52 bits per heavy atom. The minimum absolute atomic E-state index is 0.137. The van der Waals surface area contributed by atoms with Gasteiger partial charge in [-0.05, 0) is 51.5 Å². The number of thiazole rings is 1. The third kappa shape index (κ3) is 5.05. The molecule has 0 aliphatic rings. The number of carbonyl (C=O) groups is 1. The van der Waals surface area contributed by atoms with Gasteiger partial charge in [0.05, 0.1) is 28.7 Å². The smallest absolute Gasteiger partial charge is 0.349 e. The molecule has 0 aliphatic carbocycles. The molecule has 1 aromatic carbocycles. The fraction of sp³-hybridized carbons (Fsp3) is 0.333. The summed E-state index contributed by atoms with van der Waals surface area (Å²) in [4.78, 5) is 20.4. The van der Waals surface area contributed by atoms with Crippen molar-refractivity contribution in [3.63, 3.8) is 0 Å². The Morgan fingerprint density at radius 1 is 1.17 bits per heavy atom. The Morgan fingerprint density at radius 2 is 1.90 bits per heavy atom. The monoisotopic (exact) mass is 438 g/mol. The van der Waals surface area contributed by atoms with Crippen LogP contribution in [0.1, 0.15) is 43.7 Å². The molecule has 0 saturated carbocycles. The van der Waals surface area contributed by atoms with Crippen molar-refractivity contribution in [2.24, 2.45) is 0 Å². The van der Waals surface area contributed by atoms with Crippen LogP contribution in [0.3, 0.4) is 0 Å². The van der Waals surface area contributed by atoms with Gasteiger partial charge in [0.15, 0.2) is 0 Å². The predicted octanol–water partition coefficient (Wildman–Crippen LogP) is 6.24. The number of benzene rings is 1. The lowest BCUT2D eigenvalue weighted by Crippen LogP contribution is -2.28. The van der Waals surface area contributed by atoms with Crippen LogP contribution in [0, 0.1) is 20.8 Å². The molecule has 29 heavy (non-hydrogen) atoms. The third-order valence-electron chi connectivity index (χ3n) is 4.51. The molecular weight excluding hydrogens is 417 g/mol. The number of nitrogens with one attached hydrogen (secondary N) is 1. The zero-order chi connectivity index (χ0) is 21.3. The number of rotatable bonds is 5. The highest BCUT2D eigenvalue weighted by atomic mass is 32.1. The maximum absolute atomic E-state index is 12.9. The summed E-state index contributed by atoms with van der Waals surface area (Å²) in [5.41, 5.74) is 1.54. The number of aromatic nitrogens is 1. The molecule has 1 amide bonds. The van der Waals surface area contributed by atoms with Crippen LogP contribution in [0.15, 0.2) is 30.3 Å². The van der Waals surface area contributed by atoms with Gasteiger partial charge in [-0.15, -0.1) is 22.7 Å². The lowest BCUT2D eigenvalue weighted by atomic mass is 10.0. The summed E-state index contributed by atoms with van der Waals surface area (Å²) in [6, 6.07) is 6.57. The third-order valence-corrected chi connectivity index (χ3v) is 6.45. The zero-order valence-electron chi connectivity index (χ0n) is 16.5. The summed E-state index contributed by atoms with van der Waals surface area (Å²) in [5, 5.41) is 3.68. The first kappa shape index (κ1) is 21.5. The van der Waals surface area contributed by atoms with E-state index in [1.165, 1.54) is 22.3 Å². The van der Waals surface area contributed by atoms with Crippen molar-refractivity contribution < 1.29 is 18.0 Å². The number of nitrogens with zero attached hydrogens (tertiary/aromatic N) is 1. The molecule has 3 aromatic rings. The minimum Gasteiger partial charge on any atom is -0.349 e. The van der Waals surface area contributed by atoms with E-state index < -0.39 is 17.8 Å². The van der Waals surface area contributed by atoms with E-state index in [9.17, 15) is 18.0 Å². The number of hydrogen-bond acceptors (Lipinski definition) is 4. The van der Waals surface area contributed by atoms with Gasteiger partial charge in [-0.1, -0.05) is 12.1 Å². The fourth-order valence-electron chi connectivity index (χ4n) is 3.17. The molecule has 3 rings (SSSR count). The van der Waals surface area contributed by atoms with Gasteiger partial charge in [-0.25, -0.2) is 4.98 Å². The van der Waals surface area contributed by atoms with Crippen molar-refractivity contribution in [2.75, 3.05) is 0 Å². The van der Waals surface area contributed by atoms with E-state index in [-0.39, 0.29) is 12.3 Å². The van der Waals surface area contributed by atoms with Gasteiger partial charge in [0.25, 0.3) is 0 Å². The summed E-state index contributed by atoms with van der Waals surface area (Å²) >= 11 is 3.15. The molecule has 1 N–H and O–H groups in total. The van der Waals surface area contributed by atoms with E-state index in [0.29, 0.717) is 5.56 Å². The molecule has 0 spiro atoms. The van der Waals surface area contributed by atoms with Gasteiger partial charge in [0.2, 0.25) is 5.91 Å². The van der Waals surface area contributed by atoms with Crippen LogP contribution < -0.4 is 5.32 Å². The van der Waals surface area contributed by atoms with Crippen LogP contribution in [0.5, 0.6) is 0 Å². The molecule has 2 aromatic heterocycles. The zero-order valence-corrected chi connectivity index (χ0v) is 18.1. The molecule has 0 radical (unpaired) electrons. The Labute approximate surface area is 175 Å². The number of hydrogen-bond donors (Lipinski definition) is 1. The second-order valence-electron chi connectivity index (χ2n) is 6.92. The van der Waals surface area contributed by atoms with E-state index in [2.05, 4.69) is 16.4 Å². The van der Waals surface area contributed by atoms with Crippen LogP contribution in [0.2, 0.25) is 0 Å². The van der Waals surface area contributed by atoms with E-state index in [1.54, 1.807) is 24.3 Å². The van der Waals surface area contributed by atoms with Crippen LogP contribution in [0.25, 0.3) is 11.3 Å². The van der Waals surface area contributed by atoms with Crippen molar-refractivity contribution in [2.45, 2.75) is 46.3 Å². The fourth-order valence-corrected chi connectivity index (χ4v) is 5.05. The number of halogens is 3. The summed E-state index contributed by atoms with van der Waals surface area (Å²) in [5.74, 6) is -0.246. The first-order valence-electron chi connectivity index (χ1n) is 9.05. The molecule has 154 valence electrons. The molecule has 0 aliphatic heterocycles. The quantitative estimate of drug-likeness (QED) is 0.513. The average molecular weight is 439 g/mol. The standard InChI is InChI=1S/C21H21F3N2OS2/c1-11-8-17(13(3)28-11)20-18(29-14(4)26-20)10-19(27)25-12(2)15-6-5-7-16(9-15)21(22,23)24/h5-9,12H,10H2,1-4H3,(H,25,27)/t12-/m1/s1. The van der Waals surface area contributed by atoms with Gasteiger partial charge in [0.1, 0.15) is 0 Å². The van der Waals surface area contributed by atoms with Crippen LogP contribution in [-0.4, -0.2) is 10.9 Å². The highest BCUT2D eigenvalue weighted by Gasteiger charge is 2.30. The van der Waals surface area contributed by atoms with Crippen molar-refractivity contribution in [1.82, 2.24) is 10.3 Å². The molecule has 0 unspecified atom stereocenters. The lowest BCUT2D eigenvalue weighted by Gasteiger charge is -2.16. The van der Waals surface area contributed by atoms with Crippen molar-refractivity contribution in [1.29, 1.82) is 0 Å². The molecule has 2 heterocycles. The number of thiophene rings is 1. The lowest BCUT2D eigenvalue weighted by molar-refractivity contribution is -0.137. The van der Waals surface area contributed by atoms with Crippen LogP contribution in [0.4, 0.5) is 13.2 Å². The minimum atomic E-state index is -4.41. The Hall–Kier alpha value is -2.19. The Kier molecular flexibility index (Phi) is 6.14. The second-order valence-corrected chi connectivity index (χ2v) is 9.67. The first-order chi connectivity index (χ1) is 13.5. The molecule has 0 fully saturated rings. The van der Waals surface area contributed by atoms with Gasteiger partial charge in [0, 0.05) is 20.2 Å². The van der Waals surface area contributed by atoms with Crippen molar-refractivity contribution in [3.8, 4) is 11.3 Å². The average Bonchev–Trinajstić information content (AvgIpc) is 3.14. The summed E-state index contributed by atoms with van der Waals surface area (Å²) in [6.45, 7) is 7.64. The highest BCUT2D eigenvalue weighted by molar-refractivity contribution is 7.13. The van der Waals surface area contributed by atoms with Crippen molar-refractivity contribution >= 4 is 28.6 Å². The highest BCUT2D eigenvalue weighted by Crippen LogP contribution is 2.35. The number of alkyl halides is 3. The molecule has 8 heteroatoms. The molecule has 0 saturated heterocycles.